The van der Waals surface area contributed by atoms with E-state index in [0.717, 1.165) is 17.8 Å². The molecular weight excluding hydrogens is 308 g/mol. The number of hydrogen-bond acceptors (Lipinski definition) is 5. The maximum Gasteiger partial charge on any atom is 0.312 e. The molecule has 0 atom stereocenters. The molecule has 2 saturated heterocycles. The number of nitrogens with one attached hydrogen (secondary N) is 1. The molecule has 7 heteroatoms. The lowest BCUT2D eigenvalue weighted by atomic mass is 9.77. The third kappa shape index (κ3) is 2.64. The molecule has 0 saturated carbocycles. The van der Waals surface area contributed by atoms with Crippen molar-refractivity contribution in [1.82, 2.24) is 19.9 Å². The first-order valence-corrected chi connectivity index (χ1v) is 8.41. The van der Waals surface area contributed by atoms with E-state index in [2.05, 4.69) is 15.0 Å². The number of H-pyrrole nitrogens is 1. The fourth-order valence-corrected chi connectivity index (χ4v) is 3.63. The largest absolute Gasteiger partial charge is 0.465 e. The van der Waals surface area contributed by atoms with Gasteiger partial charge in [0, 0.05) is 32.1 Å². The van der Waals surface area contributed by atoms with Gasteiger partial charge in [-0.15, -0.1) is 0 Å². The summed E-state index contributed by atoms with van der Waals surface area (Å²) in [5, 5.41) is 0. The van der Waals surface area contributed by atoms with Crippen molar-refractivity contribution in [2.75, 3.05) is 19.7 Å². The molecule has 4 heterocycles. The summed E-state index contributed by atoms with van der Waals surface area (Å²) in [5.74, 6) is 0.818. The molecule has 0 aromatic carbocycles. The fourth-order valence-electron chi connectivity index (χ4n) is 3.63. The molecular formula is C17H20N4O3. The van der Waals surface area contributed by atoms with Gasteiger partial charge in [0.05, 0.1) is 17.5 Å². The van der Waals surface area contributed by atoms with Crippen molar-refractivity contribution < 1.29 is 14.3 Å². The van der Waals surface area contributed by atoms with Crippen LogP contribution in [0.2, 0.25) is 0 Å². The summed E-state index contributed by atoms with van der Waals surface area (Å²) in [5.41, 5.74) is 1.24. The van der Waals surface area contributed by atoms with Gasteiger partial charge < -0.3 is 14.6 Å². The Morgan fingerprint density at radius 3 is 2.88 bits per heavy atom. The molecule has 2 aromatic rings. The number of nitrogens with zero attached hydrogens (tertiary/aromatic N) is 3. The Balaban J connectivity index is 1.33. The third-order valence-corrected chi connectivity index (χ3v) is 5.20. The average Bonchev–Trinajstić information content (AvgIpc) is 3.17. The summed E-state index contributed by atoms with van der Waals surface area (Å²) in [7, 11) is 0. The summed E-state index contributed by atoms with van der Waals surface area (Å²) >= 11 is 0. The molecule has 1 amide bonds. The first-order chi connectivity index (χ1) is 11.7. The molecule has 2 aliphatic heterocycles. The second-order valence-corrected chi connectivity index (χ2v) is 6.61. The van der Waals surface area contributed by atoms with Gasteiger partial charge in [-0.05, 0) is 31.4 Å². The number of esters is 1. The number of likely N-dealkylation sites (tertiary alicyclic amines) is 1. The van der Waals surface area contributed by atoms with Gasteiger partial charge in [0.1, 0.15) is 5.82 Å². The topological polar surface area (TPSA) is 88.2 Å². The molecule has 1 spiro atoms. The van der Waals surface area contributed by atoms with Crippen LogP contribution in [0.25, 0.3) is 11.2 Å². The van der Waals surface area contributed by atoms with Gasteiger partial charge in [0.15, 0.2) is 5.65 Å². The molecule has 2 aliphatic rings. The Morgan fingerprint density at radius 1 is 1.33 bits per heavy atom. The number of pyridine rings is 1. The van der Waals surface area contributed by atoms with Crippen molar-refractivity contribution >= 4 is 23.0 Å². The van der Waals surface area contributed by atoms with Crippen molar-refractivity contribution in [3.05, 3.63) is 24.2 Å². The second-order valence-electron chi connectivity index (χ2n) is 6.61. The van der Waals surface area contributed by atoms with E-state index in [9.17, 15) is 9.59 Å². The van der Waals surface area contributed by atoms with Crippen molar-refractivity contribution in [1.29, 1.82) is 0 Å². The van der Waals surface area contributed by atoms with Crippen molar-refractivity contribution in [2.24, 2.45) is 5.41 Å². The lowest BCUT2D eigenvalue weighted by Gasteiger charge is -2.36. The predicted octanol–water partition coefficient (Wildman–Crippen LogP) is 1.45. The zero-order chi connectivity index (χ0) is 16.6. The molecule has 2 aromatic heterocycles. The van der Waals surface area contributed by atoms with E-state index in [1.54, 1.807) is 6.20 Å². The number of imidazole rings is 1. The maximum atomic E-state index is 12.4. The Hall–Kier alpha value is -2.44. The first kappa shape index (κ1) is 15.1. The van der Waals surface area contributed by atoms with Crippen LogP contribution >= 0.6 is 0 Å². The third-order valence-electron chi connectivity index (χ3n) is 5.20. The smallest absolute Gasteiger partial charge is 0.312 e. The number of aryl methyl sites for hydroxylation is 1. The average molecular weight is 328 g/mol. The number of amides is 1. The zero-order valence-electron chi connectivity index (χ0n) is 13.5. The number of hydrogen-bond donors (Lipinski definition) is 1. The van der Waals surface area contributed by atoms with Crippen LogP contribution in [0.15, 0.2) is 18.3 Å². The SMILES string of the molecule is O=C(CCc1nc2ncccc2[nH]1)N1CCC2(CCOC2=O)CC1. The van der Waals surface area contributed by atoms with E-state index in [-0.39, 0.29) is 17.3 Å². The fraction of sp³-hybridized carbons (Fsp3) is 0.529. The van der Waals surface area contributed by atoms with E-state index in [4.69, 9.17) is 4.74 Å². The molecule has 126 valence electrons. The molecule has 0 aliphatic carbocycles. The van der Waals surface area contributed by atoms with Gasteiger partial charge in [0.25, 0.3) is 0 Å². The minimum Gasteiger partial charge on any atom is -0.465 e. The van der Waals surface area contributed by atoms with Crippen molar-refractivity contribution in [3.8, 4) is 0 Å². The summed E-state index contributed by atoms with van der Waals surface area (Å²) in [6, 6.07) is 3.78. The van der Waals surface area contributed by atoms with E-state index in [1.807, 2.05) is 17.0 Å². The van der Waals surface area contributed by atoms with Crippen LogP contribution in [0, 0.1) is 5.41 Å². The van der Waals surface area contributed by atoms with Crippen LogP contribution in [-0.4, -0.2) is 51.4 Å². The number of ether oxygens (including phenoxy) is 1. The summed E-state index contributed by atoms with van der Waals surface area (Å²) in [6.45, 7) is 1.79. The van der Waals surface area contributed by atoms with Gasteiger partial charge in [-0.2, -0.15) is 0 Å². The Bertz CT molecular complexity index is 744. The highest BCUT2D eigenvalue weighted by molar-refractivity contribution is 5.80. The van der Waals surface area contributed by atoms with Crippen LogP contribution < -0.4 is 0 Å². The minimum absolute atomic E-state index is 0.0793. The quantitative estimate of drug-likeness (QED) is 0.862. The number of cyclic esters (lactones) is 1. The molecule has 24 heavy (non-hydrogen) atoms. The first-order valence-electron chi connectivity index (χ1n) is 8.41. The van der Waals surface area contributed by atoms with Gasteiger partial charge in [-0.25, -0.2) is 9.97 Å². The predicted molar refractivity (Wildman–Crippen MR) is 86.0 cm³/mol. The molecule has 2 fully saturated rings. The number of carbonyl (C=O) groups excluding carboxylic acids is 2. The van der Waals surface area contributed by atoms with Crippen LogP contribution in [0.1, 0.15) is 31.5 Å². The van der Waals surface area contributed by atoms with E-state index < -0.39 is 0 Å². The van der Waals surface area contributed by atoms with Crippen LogP contribution in [-0.2, 0) is 20.7 Å². The van der Waals surface area contributed by atoms with Gasteiger partial charge in [-0.1, -0.05) is 0 Å². The normalized spacial score (nSPS) is 19.8. The number of aromatic nitrogens is 3. The van der Waals surface area contributed by atoms with Crippen molar-refractivity contribution in [2.45, 2.75) is 32.1 Å². The molecule has 0 radical (unpaired) electrons. The summed E-state index contributed by atoms with van der Waals surface area (Å²) in [6.07, 6.45) is 4.91. The van der Waals surface area contributed by atoms with Crippen LogP contribution in [0.3, 0.4) is 0 Å². The number of carbonyl (C=O) groups is 2. The highest BCUT2D eigenvalue weighted by Gasteiger charge is 2.46. The van der Waals surface area contributed by atoms with E-state index >= 15 is 0 Å². The van der Waals surface area contributed by atoms with Crippen LogP contribution in [0.4, 0.5) is 0 Å². The summed E-state index contributed by atoms with van der Waals surface area (Å²) in [4.78, 5) is 37.9. The van der Waals surface area contributed by atoms with Crippen molar-refractivity contribution in [3.63, 3.8) is 0 Å². The molecule has 4 rings (SSSR count). The highest BCUT2D eigenvalue weighted by atomic mass is 16.5. The number of piperidine rings is 1. The standard InChI is InChI=1S/C17H20N4O3/c22-14(4-3-13-19-12-2-1-8-18-15(12)20-13)21-9-5-17(6-10-21)7-11-24-16(17)23/h1-2,8H,3-7,9-11H2,(H,18,19,20). The number of rotatable bonds is 3. The Morgan fingerprint density at radius 2 is 2.17 bits per heavy atom. The zero-order valence-corrected chi connectivity index (χ0v) is 13.5. The highest BCUT2D eigenvalue weighted by Crippen LogP contribution is 2.40. The Kier molecular flexibility index (Phi) is 3.70. The van der Waals surface area contributed by atoms with E-state index in [0.29, 0.717) is 51.0 Å². The number of fused-ring (bicyclic) bond motifs is 1. The molecule has 7 nitrogen and oxygen atoms in total. The monoisotopic (exact) mass is 328 g/mol. The Labute approximate surface area is 139 Å². The second kappa shape index (κ2) is 5.89. The summed E-state index contributed by atoms with van der Waals surface area (Å²) < 4.78 is 5.12. The van der Waals surface area contributed by atoms with Gasteiger partial charge in [-0.3, -0.25) is 9.59 Å². The molecule has 0 bridgehead atoms. The molecule has 0 unspecified atom stereocenters. The lowest BCUT2D eigenvalue weighted by Crippen LogP contribution is -2.45. The van der Waals surface area contributed by atoms with Gasteiger partial charge in [0.2, 0.25) is 5.91 Å². The van der Waals surface area contributed by atoms with Gasteiger partial charge >= 0.3 is 5.97 Å². The van der Waals surface area contributed by atoms with Crippen LogP contribution in [0.5, 0.6) is 0 Å². The van der Waals surface area contributed by atoms with E-state index in [1.165, 1.54) is 0 Å². The maximum absolute atomic E-state index is 12.4. The number of aromatic amines is 1. The molecule has 1 N–H and O–H groups in total. The minimum atomic E-state index is -0.332. The lowest BCUT2D eigenvalue weighted by molar-refractivity contribution is -0.150.